The van der Waals surface area contributed by atoms with Crippen molar-refractivity contribution in [3.63, 3.8) is 0 Å². The van der Waals surface area contributed by atoms with Crippen LogP contribution in [0, 0.1) is 0 Å². The Labute approximate surface area is 187 Å². The minimum Gasteiger partial charge on any atom is -0.480 e. The number of aliphatic carboxylic acids is 1. The predicted molar refractivity (Wildman–Crippen MR) is 115 cm³/mol. The molecular weight excluding hydrogens is 438 g/mol. The van der Waals surface area contributed by atoms with Crippen LogP contribution in [0.25, 0.3) is 0 Å². The molecule has 2 aliphatic heterocycles. The summed E-state index contributed by atoms with van der Waals surface area (Å²) in [6, 6.07) is 6.08. The van der Waals surface area contributed by atoms with Gasteiger partial charge in [-0.1, -0.05) is 30.3 Å². The van der Waals surface area contributed by atoms with Crippen LogP contribution in [-0.4, -0.2) is 86.0 Å². The van der Waals surface area contributed by atoms with Crippen LogP contribution < -0.4 is 4.72 Å². The van der Waals surface area contributed by atoms with Crippen LogP contribution in [0.2, 0.25) is 0 Å². The lowest BCUT2D eigenvalue weighted by molar-refractivity contribution is -0.153. The van der Waals surface area contributed by atoms with E-state index in [-0.39, 0.29) is 24.6 Å². The number of carbonyl (C=O) groups is 3. The third-order valence-electron chi connectivity index (χ3n) is 5.63. The second-order valence-electron chi connectivity index (χ2n) is 7.99. The highest BCUT2D eigenvalue weighted by atomic mass is 32.2. The number of hydrogen-bond donors (Lipinski definition) is 2. The Hall–Kier alpha value is -2.50. The van der Waals surface area contributed by atoms with Crippen molar-refractivity contribution in [2.75, 3.05) is 32.8 Å². The molecule has 2 amide bonds. The molecule has 2 heterocycles. The molecule has 0 spiro atoms. The zero-order valence-electron chi connectivity index (χ0n) is 17.8. The zero-order chi connectivity index (χ0) is 23.1. The van der Waals surface area contributed by atoms with E-state index in [1.54, 1.807) is 30.3 Å². The van der Waals surface area contributed by atoms with Crippen LogP contribution in [0.3, 0.4) is 0 Å². The van der Waals surface area contributed by atoms with Gasteiger partial charge >= 0.3 is 5.97 Å². The number of carbonyl (C=O) groups excluding carboxylic acids is 2. The molecule has 3 rings (SSSR count). The van der Waals surface area contributed by atoms with Gasteiger partial charge in [0, 0.05) is 19.6 Å². The van der Waals surface area contributed by atoms with Crippen LogP contribution >= 0.6 is 0 Å². The SMILES string of the molecule is O=C(O)C1CCCCN1C(=O)[C@@H](CC(=O)N1CCOCC1)NS(=O)(=O)Cc1ccccc1. The van der Waals surface area contributed by atoms with Gasteiger partial charge < -0.3 is 19.6 Å². The molecule has 1 unspecified atom stereocenters. The standard InChI is InChI=1S/C21H29N3O7S/c25-19(23-10-12-31-13-11-23)14-17(20(26)24-9-5-4-8-18(24)21(27)28)22-32(29,30)15-16-6-2-1-3-7-16/h1-3,6-7,17-18,22H,4-5,8-15H2,(H,27,28)/t17-,18?/m1/s1. The van der Waals surface area contributed by atoms with Gasteiger partial charge in [-0.2, -0.15) is 0 Å². The summed E-state index contributed by atoms with van der Waals surface area (Å²) in [5.41, 5.74) is 0.534. The molecule has 0 aliphatic carbocycles. The summed E-state index contributed by atoms with van der Waals surface area (Å²) in [5.74, 6) is -2.55. The summed E-state index contributed by atoms with van der Waals surface area (Å²) in [6.45, 7) is 1.67. The van der Waals surface area contributed by atoms with Crippen molar-refractivity contribution < 1.29 is 32.6 Å². The number of nitrogens with zero attached hydrogens (tertiary/aromatic N) is 2. The van der Waals surface area contributed by atoms with E-state index >= 15 is 0 Å². The van der Waals surface area contributed by atoms with E-state index in [0.717, 1.165) is 0 Å². The molecule has 2 atom stereocenters. The van der Waals surface area contributed by atoms with E-state index in [4.69, 9.17) is 4.74 Å². The summed E-state index contributed by atoms with van der Waals surface area (Å²) >= 11 is 0. The summed E-state index contributed by atoms with van der Waals surface area (Å²) in [7, 11) is -3.97. The van der Waals surface area contributed by atoms with Crippen LogP contribution in [0.1, 0.15) is 31.2 Å². The first-order chi connectivity index (χ1) is 15.3. The minimum absolute atomic E-state index is 0.207. The highest BCUT2D eigenvalue weighted by Gasteiger charge is 2.38. The molecule has 2 N–H and O–H groups in total. The summed E-state index contributed by atoms with van der Waals surface area (Å²) < 4.78 is 33.3. The largest absolute Gasteiger partial charge is 0.480 e. The second-order valence-corrected chi connectivity index (χ2v) is 9.75. The lowest BCUT2D eigenvalue weighted by Crippen LogP contribution is -2.57. The Morgan fingerprint density at radius 2 is 1.78 bits per heavy atom. The van der Waals surface area contributed by atoms with E-state index in [9.17, 15) is 27.9 Å². The molecule has 176 valence electrons. The number of rotatable bonds is 8. The van der Waals surface area contributed by atoms with E-state index in [1.165, 1.54) is 9.80 Å². The fourth-order valence-electron chi connectivity index (χ4n) is 4.00. The maximum Gasteiger partial charge on any atom is 0.326 e. The van der Waals surface area contributed by atoms with Gasteiger partial charge in [-0.15, -0.1) is 0 Å². The van der Waals surface area contributed by atoms with Crippen molar-refractivity contribution in [2.24, 2.45) is 0 Å². The predicted octanol–water partition coefficient (Wildman–Crippen LogP) is 0.189. The molecule has 2 fully saturated rings. The molecule has 0 saturated carbocycles. The van der Waals surface area contributed by atoms with Gasteiger partial charge in [0.2, 0.25) is 21.8 Å². The van der Waals surface area contributed by atoms with Crippen molar-refractivity contribution in [1.82, 2.24) is 14.5 Å². The first-order valence-electron chi connectivity index (χ1n) is 10.7. The quantitative estimate of drug-likeness (QED) is 0.557. The zero-order valence-corrected chi connectivity index (χ0v) is 18.6. The number of benzene rings is 1. The van der Waals surface area contributed by atoms with Crippen molar-refractivity contribution in [3.8, 4) is 0 Å². The molecule has 1 aromatic rings. The second kappa shape index (κ2) is 10.9. The third kappa shape index (κ3) is 6.50. The van der Waals surface area contributed by atoms with Crippen molar-refractivity contribution >= 4 is 27.8 Å². The third-order valence-corrected chi connectivity index (χ3v) is 6.99. The smallest absolute Gasteiger partial charge is 0.326 e. The Kier molecular flexibility index (Phi) is 8.21. The number of piperidine rings is 1. The fraction of sp³-hybridized carbons (Fsp3) is 0.571. The lowest BCUT2D eigenvalue weighted by atomic mass is 10.0. The average Bonchev–Trinajstić information content (AvgIpc) is 2.78. The fourth-order valence-corrected chi connectivity index (χ4v) is 5.33. The van der Waals surface area contributed by atoms with Crippen LogP contribution in [0.15, 0.2) is 30.3 Å². The first kappa shape index (κ1) is 24.1. The minimum atomic E-state index is -3.97. The van der Waals surface area contributed by atoms with Gasteiger partial charge in [0.25, 0.3) is 0 Å². The van der Waals surface area contributed by atoms with Gasteiger partial charge in [0.05, 0.1) is 25.4 Å². The van der Waals surface area contributed by atoms with Crippen molar-refractivity contribution in [1.29, 1.82) is 0 Å². The molecule has 0 radical (unpaired) electrons. The summed E-state index contributed by atoms with van der Waals surface area (Å²) in [6.07, 6.45) is 1.20. The Morgan fingerprint density at radius 3 is 2.44 bits per heavy atom. The number of ether oxygens (including phenoxy) is 1. The highest BCUT2D eigenvalue weighted by molar-refractivity contribution is 7.88. The lowest BCUT2D eigenvalue weighted by Gasteiger charge is -2.36. The Bertz CT molecular complexity index is 917. The Balaban J connectivity index is 1.80. The highest BCUT2D eigenvalue weighted by Crippen LogP contribution is 2.20. The topological polar surface area (TPSA) is 133 Å². The van der Waals surface area contributed by atoms with Gasteiger partial charge in [-0.05, 0) is 24.8 Å². The molecule has 1 aromatic carbocycles. The van der Waals surface area contributed by atoms with E-state index in [2.05, 4.69) is 4.72 Å². The van der Waals surface area contributed by atoms with Gasteiger partial charge in [-0.3, -0.25) is 9.59 Å². The number of nitrogens with one attached hydrogen (secondary N) is 1. The molecule has 0 aromatic heterocycles. The van der Waals surface area contributed by atoms with E-state index < -0.39 is 34.0 Å². The van der Waals surface area contributed by atoms with Crippen LogP contribution in [0.5, 0.6) is 0 Å². The van der Waals surface area contributed by atoms with E-state index in [1.807, 2.05) is 0 Å². The van der Waals surface area contributed by atoms with Crippen molar-refractivity contribution in [2.45, 2.75) is 43.5 Å². The van der Waals surface area contributed by atoms with Gasteiger partial charge in [0.1, 0.15) is 12.1 Å². The molecule has 10 nitrogen and oxygen atoms in total. The summed E-state index contributed by atoms with van der Waals surface area (Å²) in [4.78, 5) is 40.5. The van der Waals surface area contributed by atoms with Gasteiger partial charge in [0.15, 0.2) is 0 Å². The normalized spacial score (nSPS) is 20.6. The molecule has 11 heteroatoms. The number of morpholine rings is 1. The van der Waals surface area contributed by atoms with Crippen LogP contribution in [0.4, 0.5) is 0 Å². The molecule has 32 heavy (non-hydrogen) atoms. The monoisotopic (exact) mass is 467 g/mol. The number of carboxylic acids is 1. The number of hydrogen-bond acceptors (Lipinski definition) is 6. The molecule has 2 saturated heterocycles. The molecule has 0 bridgehead atoms. The maximum atomic E-state index is 13.3. The first-order valence-corrected chi connectivity index (χ1v) is 12.3. The van der Waals surface area contributed by atoms with E-state index in [0.29, 0.717) is 51.1 Å². The average molecular weight is 468 g/mol. The number of likely N-dealkylation sites (tertiary alicyclic amines) is 1. The number of sulfonamides is 1. The van der Waals surface area contributed by atoms with Crippen LogP contribution in [-0.2, 0) is 34.9 Å². The van der Waals surface area contributed by atoms with Crippen molar-refractivity contribution in [3.05, 3.63) is 35.9 Å². The molecule has 2 aliphatic rings. The maximum absolute atomic E-state index is 13.3. The Morgan fingerprint density at radius 1 is 1.09 bits per heavy atom. The number of carboxylic acid groups (broad SMARTS) is 1. The van der Waals surface area contributed by atoms with Gasteiger partial charge in [-0.25, -0.2) is 17.9 Å². The number of amides is 2. The summed E-state index contributed by atoms with van der Waals surface area (Å²) in [5, 5.41) is 9.53. The molecular formula is C21H29N3O7S.